The number of aromatic nitrogens is 6. The Hall–Kier alpha value is -2.62. The molecule has 28 heavy (non-hydrogen) atoms. The van der Waals surface area contributed by atoms with E-state index in [1.807, 2.05) is 5.38 Å². The van der Waals surface area contributed by atoms with Crippen LogP contribution in [0, 0.1) is 11.8 Å². The van der Waals surface area contributed by atoms with Gasteiger partial charge in [-0.25, -0.2) is 0 Å². The van der Waals surface area contributed by atoms with Gasteiger partial charge in [-0.1, -0.05) is 0 Å². The molecule has 9 nitrogen and oxygen atoms in total. The lowest BCUT2D eigenvalue weighted by molar-refractivity contribution is -0.0811. The van der Waals surface area contributed by atoms with E-state index < -0.39 is 0 Å². The molecular weight excluding hydrogens is 378 g/mol. The van der Waals surface area contributed by atoms with Gasteiger partial charge < -0.3 is 5.32 Å². The molecule has 1 N–H and O–H groups in total. The lowest BCUT2D eigenvalue weighted by Crippen LogP contribution is -2.66. The minimum absolute atomic E-state index is 0.166. The number of amides is 1. The van der Waals surface area contributed by atoms with Crippen LogP contribution in [0.3, 0.4) is 0 Å². The first-order valence-electron chi connectivity index (χ1n) is 9.57. The zero-order chi connectivity index (χ0) is 18.9. The molecule has 4 atom stereocenters. The van der Waals surface area contributed by atoms with Crippen LogP contribution in [0.25, 0.3) is 4.96 Å². The van der Waals surface area contributed by atoms with Gasteiger partial charge in [-0.3, -0.25) is 14.0 Å². The van der Waals surface area contributed by atoms with Crippen LogP contribution < -0.4 is 10.9 Å². The van der Waals surface area contributed by atoms with E-state index in [9.17, 15) is 9.59 Å². The molecule has 3 aromatic rings. The summed E-state index contributed by atoms with van der Waals surface area (Å²) in [5.41, 5.74) is -0.494. The van der Waals surface area contributed by atoms with E-state index in [2.05, 4.69) is 25.7 Å². The van der Waals surface area contributed by atoms with E-state index in [4.69, 9.17) is 0 Å². The summed E-state index contributed by atoms with van der Waals surface area (Å²) in [6.07, 6.45) is 9.31. The molecule has 1 amide bonds. The zero-order valence-corrected chi connectivity index (χ0v) is 15.9. The van der Waals surface area contributed by atoms with E-state index in [-0.39, 0.29) is 22.5 Å². The van der Waals surface area contributed by atoms with Gasteiger partial charge >= 0.3 is 0 Å². The van der Waals surface area contributed by atoms with Gasteiger partial charge in [0.05, 0.1) is 5.54 Å². The van der Waals surface area contributed by atoms with Crippen molar-refractivity contribution in [1.82, 2.24) is 34.9 Å². The summed E-state index contributed by atoms with van der Waals surface area (Å²) < 4.78 is 1.69. The summed E-state index contributed by atoms with van der Waals surface area (Å²) in [6, 6.07) is 1.32. The third-order valence-electron chi connectivity index (χ3n) is 6.73. The number of nitrogens with one attached hydrogen (secondary N) is 1. The number of fused-ring (bicyclic) bond motifs is 1. The minimum atomic E-state index is -0.388. The maximum Gasteiger partial charge on any atom is 0.274 e. The minimum Gasteiger partial charge on any atom is -0.345 e. The van der Waals surface area contributed by atoms with Crippen LogP contribution in [0.4, 0.5) is 0 Å². The van der Waals surface area contributed by atoms with E-state index in [0.29, 0.717) is 22.5 Å². The normalized spacial score (nSPS) is 33.4. The summed E-state index contributed by atoms with van der Waals surface area (Å²) in [4.78, 5) is 31.5. The number of thiazole rings is 1. The fourth-order valence-corrected chi connectivity index (χ4v) is 7.03. The molecule has 4 aliphatic rings. The molecule has 0 aromatic carbocycles. The van der Waals surface area contributed by atoms with Crippen LogP contribution in [-0.4, -0.2) is 41.0 Å². The van der Waals surface area contributed by atoms with Crippen LogP contribution in [-0.2, 0) is 5.54 Å². The Morgan fingerprint density at radius 2 is 2.07 bits per heavy atom. The van der Waals surface area contributed by atoms with Gasteiger partial charge in [-0.05, 0) is 55.6 Å². The molecule has 7 rings (SSSR count). The summed E-state index contributed by atoms with van der Waals surface area (Å²) in [5, 5.41) is 17.6. The highest BCUT2D eigenvalue weighted by Gasteiger charge is 2.60. The zero-order valence-electron chi connectivity index (χ0n) is 15.1. The number of hydrogen-bond donors (Lipinski definition) is 1. The summed E-state index contributed by atoms with van der Waals surface area (Å²) >= 11 is 1.35. The molecule has 4 bridgehead atoms. The fourth-order valence-electron chi connectivity index (χ4n) is 6.31. The molecule has 10 heteroatoms. The highest BCUT2D eigenvalue weighted by Crippen LogP contribution is 2.60. The molecule has 0 spiro atoms. The molecule has 3 aromatic heterocycles. The Morgan fingerprint density at radius 3 is 2.82 bits per heavy atom. The average Bonchev–Trinajstić information content (AvgIpc) is 3.31. The Labute approximate surface area is 163 Å². The Kier molecular flexibility index (Phi) is 3.19. The first-order chi connectivity index (χ1) is 13.5. The number of nitrogens with zero attached hydrogens (tertiary/aromatic N) is 6. The fraction of sp³-hybridized carbons (Fsp3) is 0.556. The molecule has 3 heterocycles. The van der Waals surface area contributed by atoms with Gasteiger partial charge in [0.2, 0.25) is 0 Å². The second kappa shape index (κ2) is 5.47. The Morgan fingerprint density at radius 1 is 1.25 bits per heavy atom. The highest BCUT2D eigenvalue weighted by molar-refractivity contribution is 7.15. The number of tetrazole rings is 1. The van der Waals surface area contributed by atoms with Gasteiger partial charge in [0.25, 0.3) is 11.5 Å². The van der Waals surface area contributed by atoms with Gasteiger partial charge in [0.1, 0.15) is 5.69 Å². The third kappa shape index (κ3) is 2.30. The van der Waals surface area contributed by atoms with Crippen molar-refractivity contribution in [2.24, 2.45) is 11.8 Å². The van der Waals surface area contributed by atoms with E-state index in [0.717, 1.165) is 32.1 Å². The van der Waals surface area contributed by atoms with Crippen molar-refractivity contribution in [3.8, 4) is 0 Å². The molecule has 2 unspecified atom stereocenters. The van der Waals surface area contributed by atoms with Crippen molar-refractivity contribution in [2.45, 2.75) is 49.6 Å². The van der Waals surface area contributed by atoms with Gasteiger partial charge in [-0.15, -0.1) is 21.5 Å². The van der Waals surface area contributed by atoms with Crippen LogP contribution >= 0.6 is 11.3 Å². The first kappa shape index (κ1) is 16.3. The Balaban J connectivity index is 1.37. The van der Waals surface area contributed by atoms with Crippen molar-refractivity contribution in [3.05, 3.63) is 40.0 Å². The number of rotatable bonds is 3. The maximum absolute atomic E-state index is 13.2. The highest BCUT2D eigenvalue weighted by atomic mass is 32.1. The smallest absolute Gasteiger partial charge is 0.274 e. The van der Waals surface area contributed by atoms with Crippen LogP contribution in [0.5, 0.6) is 0 Å². The summed E-state index contributed by atoms with van der Waals surface area (Å²) in [5.74, 6) is 0.888. The second-order valence-electron chi connectivity index (χ2n) is 8.68. The standard InChI is InChI=1S/C18H19N7O2S/c26-14-4-13(24-1-2-28-16(24)21-14)15(27)22-17-5-11-3-12(6-17)8-18(7-11,9-17)25-20-10-19-23-25/h1-2,4,10-12H,3,5-9H2,(H,22,27)/t11-,12+,17?,18?. The molecule has 4 fully saturated rings. The molecule has 4 saturated carbocycles. The van der Waals surface area contributed by atoms with Crippen molar-refractivity contribution in [2.75, 3.05) is 0 Å². The Bertz CT molecular complexity index is 1120. The maximum atomic E-state index is 13.2. The lowest BCUT2D eigenvalue weighted by atomic mass is 9.50. The molecular formula is C18H19N7O2S. The topological polar surface area (TPSA) is 107 Å². The van der Waals surface area contributed by atoms with Gasteiger partial charge in [-0.2, -0.15) is 9.78 Å². The van der Waals surface area contributed by atoms with Gasteiger partial charge in [0.15, 0.2) is 11.3 Å². The lowest BCUT2D eigenvalue weighted by Gasteiger charge is -2.61. The van der Waals surface area contributed by atoms with Crippen LogP contribution in [0.2, 0.25) is 0 Å². The largest absolute Gasteiger partial charge is 0.345 e. The predicted molar refractivity (Wildman–Crippen MR) is 100 cm³/mol. The van der Waals surface area contributed by atoms with Crippen molar-refractivity contribution in [1.29, 1.82) is 0 Å². The number of carbonyl (C=O) groups excluding carboxylic acids is 1. The van der Waals surface area contributed by atoms with E-state index in [1.165, 1.54) is 30.2 Å². The SMILES string of the molecule is O=C(NC12C[C@H]3C[C@@H](C1)CC(n1ncnn1)(C3)C2)c1cc(=O)nc2sccn12. The average molecular weight is 397 g/mol. The summed E-state index contributed by atoms with van der Waals surface area (Å²) in [6.45, 7) is 0. The second-order valence-corrected chi connectivity index (χ2v) is 9.55. The first-order valence-corrected chi connectivity index (χ1v) is 10.5. The van der Waals surface area contributed by atoms with Gasteiger partial charge in [0, 0.05) is 23.2 Å². The van der Waals surface area contributed by atoms with E-state index >= 15 is 0 Å². The molecule has 144 valence electrons. The summed E-state index contributed by atoms with van der Waals surface area (Å²) in [7, 11) is 0. The third-order valence-corrected chi connectivity index (χ3v) is 7.49. The number of hydrogen-bond acceptors (Lipinski definition) is 7. The quantitative estimate of drug-likeness (QED) is 0.712. The predicted octanol–water partition coefficient (Wildman–Crippen LogP) is 1.22. The van der Waals surface area contributed by atoms with Crippen molar-refractivity contribution >= 4 is 22.2 Å². The van der Waals surface area contributed by atoms with Crippen molar-refractivity contribution < 1.29 is 4.79 Å². The molecule has 0 aliphatic heterocycles. The van der Waals surface area contributed by atoms with Crippen LogP contribution in [0.1, 0.15) is 49.0 Å². The molecule has 4 aliphatic carbocycles. The monoisotopic (exact) mass is 397 g/mol. The molecule has 0 saturated heterocycles. The van der Waals surface area contributed by atoms with E-state index in [1.54, 1.807) is 15.4 Å². The number of carbonyl (C=O) groups is 1. The van der Waals surface area contributed by atoms with Crippen LogP contribution in [0.15, 0.2) is 28.8 Å². The molecule has 0 radical (unpaired) electrons. The van der Waals surface area contributed by atoms with Crippen molar-refractivity contribution in [3.63, 3.8) is 0 Å².